The van der Waals surface area contributed by atoms with Gasteiger partial charge in [0.05, 0.1) is 4.92 Å². The number of anilines is 1. The summed E-state index contributed by atoms with van der Waals surface area (Å²) < 4.78 is 0. The third-order valence-corrected chi connectivity index (χ3v) is 3.01. The van der Waals surface area contributed by atoms with Crippen LogP contribution in [0.3, 0.4) is 0 Å². The van der Waals surface area contributed by atoms with Crippen LogP contribution in [0.25, 0.3) is 0 Å². The van der Waals surface area contributed by atoms with Crippen LogP contribution in [0.4, 0.5) is 11.5 Å². The molecule has 0 radical (unpaired) electrons. The first-order valence-electron chi connectivity index (χ1n) is 4.58. The van der Waals surface area contributed by atoms with Gasteiger partial charge in [-0.15, -0.1) is 0 Å². The molecule has 1 aromatic heterocycles. The second-order valence-electron chi connectivity index (χ2n) is 3.11. The van der Waals surface area contributed by atoms with Crippen molar-refractivity contribution >= 4 is 23.3 Å². The van der Waals surface area contributed by atoms with Gasteiger partial charge in [0.25, 0.3) is 0 Å². The van der Waals surface area contributed by atoms with Crippen molar-refractivity contribution in [2.45, 2.75) is 23.6 Å². The Morgan fingerprint density at radius 2 is 2.38 bits per heavy atom. The Bertz CT molecular complexity index is 388. The number of nitro groups is 1. The number of rotatable bonds is 5. The van der Waals surface area contributed by atoms with Gasteiger partial charge in [0, 0.05) is 11.9 Å². The van der Waals surface area contributed by atoms with Gasteiger partial charge in [0.15, 0.2) is 5.03 Å². The average Bonchev–Trinajstić information content (AvgIpc) is 2.17. The first-order chi connectivity index (χ1) is 7.56. The summed E-state index contributed by atoms with van der Waals surface area (Å²) in [5.41, 5.74) is 5.15. The maximum absolute atomic E-state index is 10.8. The third-order valence-electron chi connectivity index (χ3n) is 1.85. The van der Waals surface area contributed by atoms with Crippen molar-refractivity contribution in [2.24, 2.45) is 0 Å². The van der Waals surface area contributed by atoms with Crippen LogP contribution in [-0.2, 0) is 0 Å². The molecule has 0 bridgehead atoms. The molecular weight excluding hydrogens is 232 g/mol. The second-order valence-corrected chi connectivity index (χ2v) is 4.54. The largest absolute Gasteiger partial charge is 0.396 e. The Labute approximate surface area is 96.2 Å². The zero-order valence-electron chi connectivity index (χ0n) is 8.66. The molecule has 1 aromatic rings. The molecule has 1 rings (SSSR count). The van der Waals surface area contributed by atoms with Crippen LogP contribution in [0.15, 0.2) is 11.4 Å². The van der Waals surface area contributed by atoms with E-state index in [4.69, 9.17) is 10.8 Å². The number of nitrogens with two attached hydrogens (primary N) is 1. The predicted octanol–water partition coefficient (Wildman–Crippen LogP) is 0.830. The molecule has 0 amide bonds. The Hall–Kier alpha value is -1.41. The van der Waals surface area contributed by atoms with Crippen molar-refractivity contribution in [2.75, 3.05) is 12.3 Å². The molecule has 3 N–H and O–H groups in total. The zero-order valence-corrected chi connectivity index (χ0v) is 9.48. The molecule has 0 aromatic carbocycles. The smallest absolute Gasteiger partial charge is 0.343 e. The van der Waals surface area contributed by atoms with Crippen LogP contribution in [-0.4, -0.2) is 31.9 Å². The maximum Gasteiger partial charge on any atom is 0.343 e. The van der Waals surface area contributed by atoms with E-state index in [-0.39, 0.29) is 28.4 Å². The molecule has 8 heteroatoms. The molecule has 0 saturated heterocycles. The lowest BCUT2D eigenvalue weighted by molar-refractivity contribution is -0.387. The Kier molecular flexibility index (Phi) is 4.44. The molecule has 0 aliphatic heterocycles. The highest BCUT2D eigenvalue weighted by atomic mass is 32.2. The number of hydrogen-bond donors (Lipinski definition) is 2. The number of hydrogen-bond acceptors (Lipinski definition) is 7. The van der Waals surface area contributed by atoms with E-state index < -0.39 is 4.92 Å². The summed E-state index contributed by atoms with van der Waals surface area (Å²) in [5.74, 6) is -0.140. The first-order valence-corrected chi connectivity index (χ1v) is 5.46. The molecule has 88 valence electrons. The van der Waals surface area contributed by atoms with Gasteiger partial charge in [-0.25, -0.2) is 9.97 Å². The number of thioether (sulfide) groups is 1. The van der Waals surface area contributed by atoms with Gasteiger partial charge in [0.2, 0.25) is 5.82 Å². The van der Waals surface area contributed by atoms with Crippen LogP contribution in [0, 0.1) is 10.1 Å². The van der Waals surface area contributed by atoms with Gasteiger partial charge < -0.3 is 10.8 Å². The first kappa shape index (κ1) is 12.7. The molecule has 0 aliphatic rings. The van der Waals surface area contributed by atoms with Gasteiger partial charge >= 0.3 is 5.69 Å². The van der Waals surface area contributed by atoms with E-state index in [1.54, 1.807) is 0 Å². The van der Waals surface area contributed by atoms with E-state index in [9.17, 15) is 10.1 Å². The van der Waals surface area contributed by atoms with Crippen molar-refractivity contribution in [1.29, 1.82) is 0 Å². The maximum atomic E-state index is 10.8. The molecule has 16 heavy (non-hydrogen) atoms. The topological polar surface area (TPSA) is 115 Å². The lowest BCUT2D eigenvalue weighted by Crippen LogP contribution is -2.05. The third kappa shape index (κ3) is 3.04. The quantitative estimate of drug-likeness (QED) is 0.341. The lowest BCUT2D eigenvalue weighted by atomic mass is 10.3. The van der Waals surface area contributed by atoms with Gasteiger partial charge in [-0.3, -0.25) is 10.1 Å². The van der Waals surface area contributed by atoms with Crippen molar-refractivity contribution in [1.82, 2.24) is 9.97 Å². The van der Waals surface area contributed by atoms with Crippen LogP contribution in [0.5, 0.6) is 0 Å². The van der Waals surface area contributed by atoms with Crippen LogP contribution >= 0.6 is 11.8 Å². The molecule has 0 aliphatic carbocycles. The van der Waals surface area contributed by atoms with E-state index in [1.807, 2.05) is 6.92 Å². The molecule has 1 heterocycles. The fourth-order valence-electron chi connectivity index (χ4n) is 1.06. The number of nitrogen functional groups attached to an aromatic ring is 1. The second kappa shape index (κ2) is 5.61. The minimum Gasteiger partial charge on any atom is -0.396 e. The zero-order chi connectivity index (χ0) is 12.1. The van der Waals surface area contributed by atoms with Crippen LogP contribution < -0.4 is 5.73 Å². The normalized spacial score (nSPS) is 12.4. The number of aliphatic hydroxyl groups is 1. The monoisotopic (exact) mass is 244 g/mol. The van der Waals surface area contributed by atoms with Crippen LogP contribution in [0.1, 0.15) is 13.3 Å². The summed E-state index contributed by atoms with van der Waals surface area (Å²) >= 11 is 1.20. The highest BCUT2D eigenvalue weighted by Gasteiger charge is 2.22. The lowest BCUT2D eigenvalue weighted by Gasteiger charge is -2.08. The van der Waals surface area contributed by atoms with Crippen molar-refractivity contribution in [3.63, 3.8) is 0 Å². The summed E-state index contributed by atoms with van der Waals surface area (Å²) in [6.45, 7) is 1.88. The van der Waals surface area contributed by atoms with Gasteiger partial charge in [0.1, 0.15) is 6.33 Å². The summed E-state index contributed by atoms with van der Waals surface area (Å²) in [4.78, 5) is 17.6. The minimum atomic E-state index is -0.594. The van der Waals surface area contributed by atoms with Crippen molar-refractivity contribution < 1.29 is 10.0 Å². The van der Waals surface area contributed by atoms with Crippen molar-refractivity contribution in [3.05, 3.63) is 16.4 Å². The summed E-state index contributed by atoms with van der Waals surface area (Å²) in [6, 6.07) is 0. The van der Waals surface area contributed by atoms with Gasteiger partial charge in [-0.05, 0) is 6.42 Å². The standard InChI is InChI=1S/C8H12N4O3S/c1-5(2-3-13)16-8-6(12(14)15)7(9)10-4-11-8/h4-5,13H,2-3H2,1H3,(H2,9,10,11). The predicted molar refractivity (Wildman–Crippen MR) is 60.1 cm³/mol. The number of aliphatic hydroxyl groups excluding tert-OH is 1. The molecule has 0 saturated carbocycles. The van der Waals surface area contributed by atoms with E-state index in [2.05, 4.69) is 9.97 Å². The van der Waals surface area contributed by atoms with E-state index in [0.717, 1.165) is 0 Å². The van der Waals surface area contributed by atoms with E-state index in [0.29, 0.717) is 6.42 Å². The molecule has 1 atom stereocenters. The Balaban J connectivity index is 2.95. The highest BCUT2D eigenvalue weighted by molar-refractivity contribution is 8.00. The van der Waals surface area contributed by atoms with Crippen molar-refractivity contribution in [3.8, 4) is 0 Å². The molecule has 0 spiro atoms. The molecular formula is C8H12N4O3S. The molecule has 1 unspecified atom stereocenters. The highest BCUT2D eigenvalue weighted by Crippen LogP contribution is 2.33. The average molecular weight is 244 g/mol. The molecule has 7 nitrogen and oxygen atoms in total. The number of aromatic nitrogens is 2. The van der Waals surface area contributed by atoms with Crippen LogP contribution in [0.2, 0.25) is 0 Å². The summed E-state index contributed by atoms with van der Waals surface area (Å²) in [6.07, 6.45) is 1.72. The Morgan fingerprint density at radius 1 is 1.69 bits per heavy atom. The van der Waals surface area contributed by atoms with E-state index in [1.165, 1.54) is 18.1 Å². The minimum absolute atomic E-state index is 0.0259. The molecule has 0 fully saturated rings. The fraction of sp³-hybridized carbons (Fsp3) is 0.500. The SMILES string of the molecule is CC(CCO)Sc1ncnc(N)c1[N+](=O)[O-]. The summed E-state index contributed by atoms with van der Waals surface area (Å²) in [7, 11) is 0. The fourth-order valence-corrected chi connectivity index (χ4v) is 2.07. The van der Waals surface area contributed by atoms with Gasteiger partial charge in [-0.2, -0.15) is 0 Å². The summed E-state index contributed by atoms with van der Waals surface area (Å²) in [5, 5.41) is 19.8. The van der Waals surface area contributed by atoms with Gasteiger partial charge in [-0.1, -0.05) is 18.7 Å². The van der Waals surface area contributed by atoms with E-state index >= 15 is 0 Å². The number of nitrogens with zero attached hydrogens (tertiary/aromatic N) is 3. The Morgan fingerprint density at radius 3 is 2.94 bits per heavy atom.